The van der Waals surface area contributed by atoms with Crippen LogP contribution in [0.25, 0.3) is 17.1 Å². The highest BCUT2D eigenvalue weighted by molar-refractivity contribution is 5.89. The van der Waals surface area contributed by atoms with Crippen molar-refractivity contribution in [1.82, 2.24) is 24.4 Å². The Morgan fingerprint density at radius 3 is 2.57 bits per heavy atom. The second-order valence-electron chi connectivity index (χ2n) is 8.11. The highest BCUT2D eigenvalue weighted by atomic mass is 19.1. The zero-order valence-corrected chi connectivity index (χ0v) is 18.6. The lowest BCUT2D eigenvalue weighted by Gasteiger charge is -2.32. The number of rotatable bonds is 5. The third kappa shape index (κ3) is 5.26. The first-order valence-corrected chi connectivity index (χ1v) is 11.1. The van der Waals surface area contributed by atoms with Crippen LogP contribution in [0.2, 0.25) is 0 Å². The van der Waals surface area contributed by atoms with Crippen LogP contribution in [0.3, 0.4) is 0 Å². The summed E-state index contributed by atoms with van der Waals surface area (Å²) in [6.07, 6.45) is 6.06. The highest BCUT2D eigenvalue weighted by Crippen LogP contribution is 2.22. The molecule has 178 valence electrons. The van der Waals surface area contributed by atoms with Gasteiger partial charge in [-0.25, -0.2) is 28.5 Å². The van der Waals surface area contributed by atoms with E-state index in [-0.39, 0.29) is 11.8 Å². The fraction of sp³-hybridized carbons (Fsp3) is 0.200. The minimum atomic E-state index is -0.815. The van der Waals surface area contributed by atoms with E-state index < -0.39 is 17.7 Å². The summed E-state index contributed by atoms with van der Waals surface area (Å²) in [6.45, 7) is 0.860. The molecule has 4 aromatic rings. The number of benzene rings is 2. The van der Waals surface area contributed by atoms with Gasteiger partial charge in [0.1, 0.15) is 36.2 Å². The van der Waals surface area contributed by atoms with Crippen LogP contribution in [0.4, 0.5) is 19.3 Å². The van der Waals surface area contributed by atoms with Gasteiger partial charge in [-0.05, 0) is 12.1 Å². The molecule has 10 heteroatoms. The molecule has 35 heavy (non-hydrogen) atoms. The zero-order chi connectivity index (χ0) is 24.2. The molecule has 2 aromatic heterocycles. The molecule has 1 aliphatic heterocycles. The fourth-order valence-corrected chi connectivity index (χ4v) is 3.87. The topological polar surface area (TPSA) is 85.2 Å². The lowest BCUT2D eigenvalue weighted by atomic mass is 10.1. The van der Waals surface area contributed by atoms with Crippen molar-refractivity contribution in [2.45, 2.75) is 18.9 Å². The Labute approximate surface area is 200 Å². The van der Waals surface area contributed by atoms with Gasteiger partial charge in [-0.3, -0.25) is 4.57 Å². The second kappa shape index (κ2) is 9.88. The summed E-state index contributed by atoms with van der Waals surface area (Å²) < 4.78 is 34.7. The number of ether oxygens (including phenoxy) is 1. The first kappa shape index (κ1) is 22.5. The van der Waals surface area contributed by atoms with Crippen molar-refractivity contribution in [1.29, 1.82) is 0 Å². The Bertz CT molecular complexity index is 1320. The van der Waals surface area contributed by atoms with Crippen molar-refractivity contribution in [3.8, 4) is 23.0 Å². The van der Waals surface area contributed by atoms with Crippen LogP contribution in [-0.2, 0) is 0 Å². The number of urea groups is 1. The number of imidazole rings is 1. The standard InChI is InChI=1S/C25H22F2N6O2/c26-18-6-7-21(20(27)12-18)31-25(34)32-10-8-19(9-11-32)35-24-13-23(28-15-29-24)33-14-22(30-16-33)17-4-2-1-3-5-17/h1-7,12-16,19H,8-11H2,(H,31,34). The van der Waals surface area contributed by atoms with Crippen molar-refractivity contribution < 1.29 is 18.3 Å². The number of halogens is 2. The molecule has 0 unspecified atom stereocenters. The lowest BCUT2D eigenvalue weighted by Crippen LogP contribution is -2.43. The summed E-state index contributed by atoms with van der Waals surface area (Å²) >= 11 is 0. The predicted molar refractivity (Wildman–Crippen MR) is 125 cm³/mol. The van der Waals surface area contributed by atoms with Gasteiger partial charge >= 0.3 is 6.03 Å². The van der Waals surface area contributed by atoms with Gasteiger partial charge < -0.3 is 15.0 Å². The Hall–Kier alpha value is -4.34. The van der Waals surface area contributed by atoms with E-state index in [2.05, 4.69) is 20.3 Å². The minimum Gasteiger partial charge on any atom is -0.474 e. The smallest absolute Gasteiger partial charge is 0.321 e. The van der Waals surface area contributed by atoms with Crippen LogP contribution in [0.15, 0.2) is 73.4 Å². The molecule has 0 saturated carbocycles. The maximum atomic E-state index is 13.8. The number of hydrogen-bond donors (Lipinski definition) is 1. The van der Waals surface area contributed by atoms with Gasteiger partial charge in [0.15, 0.2) is 0 Å². The van der Waals surface area contributed by atoms with Crippen molar-refractivity contribution in [2.24, 2.45) is 0 Å². The van der Waals surface area contributed by atoms with Crippen LogP contribution >= 0.6 is 0 Å². The second-order valence-corrected chi connectivity index (χ2v) is 8.11. The molecule has 3 heterocycles. The average Bonchev–Trinajstić information content (AvgIpc) is 3.37. The molecule has 5 rings (SSSR count). The number of aromatic nitrogens is 4. The molecule has 2 amide bonds. The Balaban J connectivity index is 1.17. The number of nitrogens with one attached hydrogen (secondary N) is 1. The molecule has 0 bridgehead atoms. The monoisotopic (exact) mass is 476 g/mol. The van der Waals surface area contributed by atoms with Crippen LogP contribution in [0.1, 0.15) is 12.8 Å². The van der Waals surface area contributed by atoms with Crippen molar-refractivity contribution in [3.05, 3.63) is 85.1 Å². The Morgan fingerprint density at radius 1 is 1.00 bits per heavy atom. The first-order valence-electron chi connectivity index (χ1n) is 11.1. The van der Waals surface area contributed by atoms with Crippen LogP contribution < -0.4 is 10.1 Å². The molecule has 8 nitrogen and oxygen atoms in total. The summed E-state index contributed by atoms with van der Waals surface area (Å²) in [5, 5.41) is 2.49. The van der Waals surface area contributed by atoms with Gasteiger partial charge in [0.05, 0.1) is 11.4 Å². The van der Waals surface area contributed by atoms with Crippen molar-refractivity contribution in [2.75, 3.05) is 18.4 Å². The van der Waals surface area contributed by atoms with Crippen molar-refractivity contribution >= 4 is 11.7 Å². The number of likely N-dealkylation sites (tertiary alicyclic amines) is 1. The maximum absolute atomic E-state index is 13.8. The van der Waals surface area contributed by atoms with Gasteiger partial charge in [0, 0.05) is 49.8 Å². The third-order valence-electron chi connectivity index (χ3n) is 5.73. The van der Waals surface area contributed by atoms with Gasteiger partial charge in [0.25, 0.3) is 0 Å². The van der Waals surface area contributed by atoms with Crippen LogP contribution in [-0.4, -0.2) is 49.6 Å². The zero-order valence-electron chi connectivity index (χ0n) is 18.6. The number of carbonyl (C=O) groups is 1. The molecule has 0 atom stereocenters. The summed E-state index contributed by atoms with van der Waals surface area (Å²) in [4.78, 5) is 27.0. The minimum absolute atomic E-state index is 0.0572. The van der Waals surface area contributed by atoms with Crippen LogP contribution in [0, 0.1) is 11.6 Å². The maximum Gasteiger partial charge on any atom is 0.321 e. The third-order valence-corrected chi connectivity index (χ3v) is 5.73. The molecule has 0 aliphatic carbocycles. The van der Waals surface area contributed by atoms with Gasteiger partial charge in [-0.1, -0.05) is 30.3 Å². The lowest BCUT2D eigenvalue weighted by molar-refractivity contribution is 0.111. The van der Waals surface area contributed by atoms with E-state index in [1.165, 1.54) is 12.4 Å². The molecule has 0 spiro atoms. The molecule has 1 aliphatic rings. The average molecular weight is 476 g/mol. The summed E-state index contributed by atoms with van der Waals surface area (Å²) in [5.74, 6) is -0.454. The summed E-state index contributed by atoms with van der Waals surface area (Å²) in [7, 11) is 0. The van der Waals surface area contributed by atoms with Gasteiger partial charge in [-0.15, -0.1) is 0 Å². The highest BCUT2D eigenvalue weighted by Gasteiger charge is 2.25. The van der Waals surface area contributed by atoms with E-state index in [0.717, 1.165) is 23.4 Å². The molecular formula is C25H22F2N6O2. The number of hydrogen-bond acceptors (Lipinski definition) is 5. The molecule has 2 aromatic carbocycles. The van der Waals surface area contributed by atoms with E-state index >= 15 is 0 Å². The Kier molecular flexibility index (Phi) is 6.34. The quantitative estimate of drug-likeness (QED) is 0.452. The molecule has 0 radical (unpaired) electrons. The molecule has 1 fully saturated rings. The largest absolute Gasteiger partial charge is 0.474 e. The molecule has 1 saturated heterocycles. The Morgan fingerprint density at radius 2 is 1.80 bits per heavy atom. The van der Waals surface area contributed by atoms with Gasteiger partial charge in [0.2, 0.25) is 5.88 Å². The summed E-state index contributed by atoms with van der Waals surface area (Å²) in [6, 6.07) is 14.2. The predicted octanol–water partition coefficient (Wildman–Crippen LogP) is 4.68. The van der Waals surface area contributed by atoms with Crippen LogP contribution in [0.5, 0.6) is 5.88 Å². The van der Waals surface area contributed by atoms with Gasteiger partial charge in [-0.2, -0.15) is 0 Å². The van der Waals surface area contributed by atoms with E-state index in [9.17, 15) is 13.6 Å². The fourth-order valence-electron chi connectivity index (χ4n) is 3.87. The number of nitrogens with zero attached hydrogens (tertiary/aromatic N) is 5. The summed E-state index contributed by atoms with van der Waals surface area (Å²) in [5.41, 5.74) is 1.78. The number of amides is 2. The van der Waals surface area contributed by atoms with E-state index in [1.54, 1.807) is 21.9 Å². The van der Waals surface area contributed by atoms with Crippen molar-refractivity contribution in [3.63, 3.8) is 0 Å². The number of carbonyl (C=O) groups excluding carboxylic acids is 1. The SMILES string of the molecule is O=C(Nc1ccc(F)cc1F)N1CCC(Oc2cc(-n3cnc(-c4ccccc4)c3)ncn2)CC1. The normalized spacial score (nSPS) is 14.1. The molecular weight excluding hydrogens is 454 g/mol. The van der Waals surface area contributed by atoms with E-state index in [4.69, 9.17) is 4.74 Å². The first-order chi connectivity index (χ1) is 17.0. The molecule has 1 N–H and O–H groups in total. The number of anilines is 1. The number of piperidine rings is 1. The van der Waals surface area contributed by atoms with E-state index in [0.29, 0.717) is 37.6 Å². The van der Waals surface area contributed by atoms with E-state index in [1.807, 2.05) is 36.5 Å².